The molecule has 0 fully saturated rings. The molecule has 0 radical (unpaired) electrons. The summed E-state index contributed by atoms with van der Waals surface area (Å²) in [6, 6.07) is 7.65. The normalized spacial score (nSPS) is 12.2. The van der Waals surface area contributed by atoms with E-state index in [0.717, 1.165) is 69.7 Å². The van der Waals surface area contributed by atoms with Crippen molar-refractivity contribution in [3.63, 3.8) is 0 Å². The Hall–Kier alpha value is -2.12. The lowest BCUT2D eigenvalue weighted by Gasteiger charge is -2.19. The van der Waals surface area contributed by atoms with E-state index in [4.69, 9.17) is 19.9 Å². The molecule has 0 heterocycles. The number of nitrogens with two attached hydrogens (primary N) is 1. The van der Waals surface area contributed by atoms with E-state index in [0.29, 0.717) is 18.9 Å². The van der Waals surface area contributed by atoms with Crippen LogP contribution < -0.4 is 15.8 Å². The summed E-state index contributed by atoms with van der Waals surface area (Å²) in [5, 5.41) is 2.96. The van der Waals surface area contributed by atoms with E-state index >= 15 is 0 Å². The second-order valence-corrected chi connectivity index (χ2v) is 14.2. The maximum absolute atomic E-state index is 12.3. The minimum Gasteiger partial charge on any atom is -0.494 e. The third kappa shape index (κ3) is 27.5. The van der Waals surface area contributed by atoms with Crippen LogP contribution >= 0.6 is 0 Å². The van der Waals surface area contributed by atoms with Gasteiger partial charge >= 0.3 is 5.97 Å². The Morgan fingerprint density at radius 2 is 1.21 bits per heavy atom. The van der Waals surface area contributed by atoms with Gasteiger partial charge in [0.05, 0.1) is 12.7 Å². The summed E-state index contributed by atoms with van der Waals surface area (Å²) < 4.78 is 17.3. The molecule has 0 aliphatic carbocycles. The Labute approximate surface area is 288 Å². The average Bonchev–Trinajstić information content (AvgIpc) is 3.02. The number of hydrogen-bond acceptors (Lipinski definition) is 6. The van der Waals surface area contributed by atoms with E-state index in [-0.39, 0.29) is 11.9 Å². The molecule has 0 spiro atoms. The summed E-state index contributed by atoms with van der Waals surface area (Å²) in [6.07, 6.45) is 26.2. The molecule has 7 heteroatoms. The Morgan fingerprint density at radius 3 is 1.79 bits per heavy atom. The van der Waals surface area contributed by atoms with Crippen molar-refractivity contribution in [3.05, 3.63) is 24.3 Å². The number of hydrogen-bond donors (Lipinski definition) is 2. The van der Waals surface area contributed by atoms with Crippen molar-refractivity contribution in [1.29, 1.82) is 0 Å². The third-order valence-electron chi connectivity index (χ3n) is 8.37. The van der Waals surface area contributed by atoms with Gasteiger partial charge in [0, 0.05) is 25.1 Å². The van der Waals surface area contributed by atoms with Crippen LogP contribution in [0.2, 0.25) is 0 Å². The van der Waals surface area contributed by atoms with E-state index in [2.05, 4.69) is 12.2 Å². The molecule has 1 rings (SSSR count). The fourth-order valence-corrected chi connectivity index (χ4v) is 5.69. The van der Waals surface area contributed by atoms with Gasteiger partial charge in [-0.25, -0.2) is 0 Å². The second kappa shape index (κ2) is 28.9. The molecule has 0 aromatic heterocycles. The topological polar surface area (TPSA) is 99.9 Å². The minimum atomic E-state index is -0.431. The number of unbranched alkanes of at least 4 members (excludes halogenated alkanes) is 16. The predicted molar refractivity (Wildman–Crippen MR) is 197 cm³/mol. The smallest absolute Gasteiger partial charge is 0.306 e. The van der Waals surface area contributed by atoms with Crippen molar-refractivity contribution in [2.24, 2.45) is 5.73 Å². The maximum Gasteiger partial charge on any atom is 0.306 e. The fraction of sp³-hybridized carbons (Fsp3) is 0.800. The maximum atomic E-state index is 12.3. The number of carbonyl (C=O) groups excluding carboxylic acids is 2. The van der Waals surface area contributed by atoms with E-state index in [1.807, 2.05) is 45.0 Å². The molecule has 0 saturated carbocycles. The molecular weight excluding hydrogens is 588 g/mol. The Bertz CT molecular complexity index is 884. The van der Waals surface area contributed by atoms with Crippen molar-refractivity contribution < 1.29 is 23.8 Å². The van der Waals surface area contributed by atoms with Crippen molar-refractivity contribution in [3.8, 4) is 5.75 Å². The van der Waals surface area contributed by atoms with Gasteiger partial charge in [0.25, 0.3) is 0 Å². The summed E-state index contributed by atoms with van der Waals surface area (Å²) >= 11 is 0. The molecule has 3 N–H and O–H groups in total. The number of anilines is 1. The molecule has 0 saturated heterocycles. The number of benzene rings is 1. The van der Waals surface area contributed by atoms with Crippen LogP contribution in [0.1, 0.15) is 175 Å². The molecule has 1 unspecified atom stereocenters. The zero-order valence-electron chi connectivity index (χ0n) is 30.9. The number of carbonyl (C=O) groups is 2. The largest absolute Gasteiger partial charge is 0.494 e. The molecule has 1 aromatic rings. The number of ether oxygens (including phenoxy) is 3. The van der Waals surface area contributed by atoms with Crippen LogP contribution in [0.25, 0.3) is 0 Å². The first-order chi connectivity index (χ1) is 22.7. The van der Waals surface area contributed by atoms with E-state index in [1.54, 1.807) is 0 Å². The van der Waals surface area contributed by atoms with E-state index < -0.39 is 5.60 Å². The monoisotopic (exact) mass is 661 g/mol. The van der Waals surface area contributed by atoms with Crippen LogP contribution in [0.15, 0.2) is 24.3 Å². The molecule has 1 aromatic carbocycles. The molecule has 272 valence electrons. The van der Waals surface area contributed by atoms with Gasteiger partial charge in [-0.2, -0.15) is 0 Å². The highest BCUT2D eigenvalue weighted by Gasteiger charge is 2.15. The van der Waals surface area contributed by atoms with Gasteiger partial charge in [-0.3, -0.25) is 9.59 Å². The lowest BCUT2D eigenvalue weighted by molar-refractivity contribution is -0.154. The summed E-state index contributed by atoms with van der Waals surface area (Å²) in [6.45, 7) is 10.2. The van der Waals surface area contributed by atoms with Gasteiger partial charge in [-0.05, 0) is 90.1 Å². The highest BCUT2D eigenvalue weighted by atomic mass is 16.6. The molecular formula is C40H72N2O5. The summed E-state index contributed by atoms with van der Waals surface area (Å²) in [4.78, 5) is 24.0. The zero-order valence-corrected chi connectivity index (χ0v) is 30.9. The molecule has 0 bridgehead atoms. The number of rotatable bonds is 31. The highest BCUT2D eigenvalue weighted by molar-refractivity contribution is 5.90. The molecule has 7 nitrogen and oxygen atoms in total. The summed E-state index contributed by atoms with van der Waals surface area (Å²) in [7, 11) is 0. The Kier molecular flexibility index (Phi) is 26.3. The van der Waals surface area contributed by atoms with Crippen LogP contribution in [-0.2, 0) is 19.1 Å². The molecule has 0 aliphatic heterocycles. The van der Waals surface area contributed by atoms with Crippen molar-refractivity contribution in [1.82, 2.24) is 0 Å². The van der Waals surface area contributed by atoms with Gasteiger partial charge in [0.15, 0.2) is 0 Å². The fourth-order valence-electron chi connectivity index (χ4n) is 5.69. The first kappa shape index (κ1) is 42.9. The van der Waals surface area contributed by atoms with Crippen molar-refractivity contribution in [2.45, 2.75) is 187 Å². The summed E-state index contributed by atoms with van der Waals surface area (Å²) in [5.74, 6) is 0.718. The van der Waals surface area contributed by atoms with Crippen LogP contribution in [0.4, 0.5) is 5.69 Å². The molecule has 47 heavy (non-hydrogen) atoms. The second-order valence-electron chi connectivity index (χ2n) is 14.2. The van der Waals surface area contributed by atoms with Crippen LogP contribution in [0.3, 0.4) is 0 Å². The van der Waals surface area contributed by atoms with Gasteiger partial charge < -0.3 is 25.3 Å². The van der Waals surface area contributed by atoms with Crippen molar-refractivity contribution in [2.75, 3.05) is 25.1 Å². The Balaban J connectivity index is 1.93. The zero-order chi connectivity index (χ0) is 34.4. The van der Waals surface area contributed by atoms with Gasteiger partial charge in [0.2, 0.25) is 5.91 Å². The first-order valence-electron chi connectivity index (χ1n) is 19.3. The summed E-state index contributed by atoms with van der Waals surface area (Å²) in [5.41, 5.74) is 6.14. The average molecular weight is 661 g/mol. The van der Waals surface area contributed by atoms with E-state index in [1.165, 1.54) is 96.3 Å². The lowest BCUT2D eigenvalue weighted by Crippen LogP contribution is -2.23. The van der Waals surface area contributed by atoms with E-state index in [9.17, 15) is 9.59 Å². The lowest BCUT2D eigenvalue weighted by atomic mass is 10.0. The molecule has 1 amide bonds. The molecule has 1 atom stereocenters. The number of esters is 1. The van der Waals surface area contributed by atoms with Crippen LogP contribution in [0, 0.1) is 0 Å². The standard InChI is InChI=1S/C40H72N2O5/c1-5-6-22-33-45-36(31-32-41)24-19-15-13-11-9-7-8-10-12-14-18-23-34-46-37-29-27-35(28-30-37)42-38(43)25-20-16-17-21-26-39(44)47-40(2,3)4/h27-30,36H,5-26,31-34,41H2,1-4H3,(H,42,43). The highest BCUT2D eigenvalue weighted by Crippen LogP contribution is 2.18. The third-order valence-corrected chi connectivity index (χ3v) is 8.37. The Morgan fingerprint density at radius 1 is 0.681 bits per heavy atom. The van der Waals surface area contributed by atoms with Crippen LogP contribution in [-0.4, -0.2) is 43.3 Å². The van der Waals surface area contributed by atoms with Crippen molar-refractivity contribution >= 4 is 17.6 Å². The first-order valence-corrected chi connectivity index (χ1v) is 19.3. The van der Waals surface area contributed by atoms with Gasteiger partial charge in [0.1, 0.15) is 11.4 Å². The predicted octanol–water partition coefficient (Wildman–Crippen LogP) is 10.7. The minimum absolute atomic E-state index is 0.0211. The SMILES string of the molecule is CCCCCOC(CCN)CCCCCCCCCCCCCCOc1ccc(NC(=O)CCCCCCC(=O)OC(C)(C)C)cc1. The molecule has 0 aliphatic rings. The van der Waals surface area contributed by atoms with Gasteiger partial charge in [-0.1, -0.05) is 103 Å². The number of amides is 1. The van der Waals surface area contributed by atoms with Crippen LogP contribution in [0.5, 0.6) is 5.75 Å². The number of nitrogens with one attached hydrogen (secondary N) is 1. The van der Waals surface area contributed by atoms with Gasteiger partial charge in [-0.15, -0.1) is 0 Å². The quantitative estimate of drug-likeness (QED) is 0.0607.